The predicted molar refractivity (Wildman–Crippen MR) is 98.8 cm³/mol. The number of anilines is 2. The fourth-order valence-electron chi connectivity index (χ4n) is 3.06. The van der Waals surface area contributed by atoms with Gasteiger partial charge in [0.15, 0.2) is 28.1 Å². The number of aromatic amines is 1. The van der Waals surface area contributed by atoms with Crippen molar-refractivity contribution in [1.29, 1.82) is 0 Å². The van der Waals surface area contributed by atoms with Crippen molar-refractivity contribution in [3.8, 4) is 11.5 Å². The number of benzene rings is 1. The number of rotatable bonds is 5. The molecule has 1 aliphatic heterocycles. The maximum absolute atomic E-state index is 5.90. The van der Waals surface area contributed by atoms with Crippen molar-refractivity contribution in [3.05, 3.63) is 18.5 Å². The third-order valence-corrected chi connectivity index (χ3v) is 5.53. The molecule has 0 unspecified atom stereocenters. The van der Waals surface area contributed by atoms with Gasteiger partial charge in [0, 0.05) is 30.6 Å². The van der Waals surface area contributed by atoms with E-state index in [0.29, 0.717) is 22.1 Å². The Hall–Kier alpha value is -2.68. The highest BCUT2D eigenvalue weighted by molar-refractivity contribution is 7.99. The molecule has 3 heterocycles. The lowest BCUT2D eigenvalue weighted by Crippen LogP contribution is -2.20. The van der Waals surface area contributed by atoms with E-state index in [1.54, 1.807) is 0 Å². The standard InChI is InChI=1S/C17H18N6O2S/c1-23(6-9-2-3-9)10-4-11-12(25-8-24-11)5-13(10)26-17-21-14-15(18)19-7-20-16(14)22-17/h4-5,7,9H,2-3,6,8H2,1H3,(H3,18,19,20,21,22). The number of nitrogen functional groups attached to an aromatic ring is 1. The van der Waals surface area contributed by atoms with E-state index < -0.39 is 0 Å². The highest BCUT2D eigenvalue weighted by atomic mass is 32.2. The number of fused-ring (bicyclic) bond motifs is 2. The van der Waals surface area contributed by atoms with Crippen LogP contribution in [0.25, 0.3) is 11.2 Å². The first kappa shape index (κ1) is 15.6. The second-order valence-electron chi connectivity index (χ2n) is 6.60. The molecule has 0 amide bonds. The third kappa shape index (κ3) is 2.78. The molecule has 134 valence electrons. The largest absolute Gasteiger partial charge is 0.454 e. The Balaban J connectivity index is 1.52. The Morgan fingerprint density at radius 1 is 1.27 bits per heavy atom. The van der Waals surface area contributed by atoms with Crippen LogP contribution in [-0.4, -0.2) is 40.3 Å². The molecule has 1 fully saturated rings. The van der Waals surface area contributed by atoms with Crippen molar-refractivity contribution in [2.45, 2.75) is 22.9 Å². The fraction of sp³-hybridized carbons (Fsp3) is 0.353. The van der Waals surface area contributed by atoms with E-state index in [2.05, 4.69) is 31.9 Å². The summed E-state index contributed by atoms with van der Waals surface area (Å²) in [7, 11) is 2.11. The summed E-state index contributed by atoms with van der Waals surface area (Å²) in [5.74, 6) is 2.72. The summed E-state index contributed by atoms with van der Waals surface area (Å²) in [5.41, 5.74) is 8.22. The molecule has 2 aliphatic rings. The van der Waals surface area contributed by atoms with E-state index in [1.165, 1.54) is 30.9 Å². The van der Waals surface area contributed by atoms with Crippen LogP contribution in [-0.2, 0) is 0 Å². The minimum Gasteiger partial charge on any atom is -0.454 e. The predicted octanol–water partition coefficient (Wildman–Crippen LogP) is 2.66. The summed E-state index contributed by atoms with van der Waals surface area (Å²) in [6.07, 6.45) is 4.03. The third-order valence-electron chi connectivity index (χ3n) is 4.60. The first-order valence-corrected chi connectivity index (χ1v) is 9.28. The molecule has 0 radical (unpaired) electrons. The molecular formula is C17H18N6O2S. The van der Waals surface area contributed by atoms with E-state index in [0.717, 1.165) is 34.5 Å². The molecule has 0 bridgehead atoms. The molecule has 2 aromatic heterocycles. The molecule has 3 aromatic rings. The lowest BCUT2D eigenvalue weighted by Gasteiger charge is -2.22. The summed E-state index contributed by atoms with van der Waals surface area (Å²) in [6.45, 7) is 1.29. The number of nitrogens with one attached hydrogen (secondary N) is 1. The van der Waals surface area contributed by atoms with Gasteiger partial charge < -0.3 is 25.1 Å². The first-order valence-electron chi connectivity index (χ1n) is 8.46. The van der Waals surface area contributed by atoms with Gasteiger partial charge in [-0.3, -0.25) is 0 Å². The van der Waals surface area contributed by atoms with Gasteiger partial charge >= 0.3 is 0 Å². The first-order chi connectivity index (χ1) is 12.7. The number of aromatic nitrogens is 4. The number of H-pyrrole nitrogens is 1. The van der Waals surface area contributed by atoms with Crippen LogP contribution >= 0.6 is 11.8 Å². The Labute approximate surface area is 154 Å². The number of nitrogens with zero attached hydrogens (tertiary/aromatic N) is 4. The number of imidazole rings is 1. The van der Waals surface area contributed by atoms with Gasteiger partial charge in [-0.15, -0.1) is 0 Å². The van der Waals surface area contributed by atoms with E-state index >= 15 is 0 Å². The van der Waals surface area contributed by atoms with Gasteiger partial charge in [0.25, 0.3) is 0 Å². The maximum atomic E-state index is 5.90. The molecule has 0 atom stereocenters. The Kier molecular flexibility index (Phi) is 3.56. The highest BCUT2D eigenvalue weighted by Crippen LogP contribution is 2.44. The molecule has 3 N–H and O–H groups in total. The van der Waals surface area contributed by atoms with Crippen molar-refractivity contribution < 1.29 is 9.47 Å². The van der Waals surface area contributed by atoms with Gasteiger partial charge in [-0.05, 0) is 30.5 Å². The molecule has 1 aromatic carbocycles. The molecule has 5 rings (SSSR count). The maximum Gasteiger partial charge on any atom is 0.231 e. The monoisotopic (exact) mass is 370 g/mol. The number of hydrogen-bond donors (Lipinski definition) is 2. The van der Waals surface area contributed by atoms with Crippen LogP contribution in [0.4, 0.5) is 11.5 Å². The zero-order valence-electron chi connectivity index (χ0n) is 14.2. The number of hydrogen-bond acceptors (Lipinski definition) is 8. The molecule has 1 saturated carbocycles. The van der Waals surface area contributed by atoms with Crippen LogP contribution in [0, 0.1) is 5.92 Å². The van der Waals surface area contributed by atoms with E-state index in [-0.39, 0.29) is 6.79 Å². The molecule has 0 saturated heterocycles. The average molecular weight is 370 g/mol. The number of ether oxygens (including phenoxy) is 2. The Morgan fingerprint density at radius 2 is 2.08 bits per heavy atom. The minimum absolute atomic E-state index is 0.256. The SMILES string of the molecule is CN(CC1CC1)c1cc2c(cc1Sc1nc3ncnc(N)c3[nH]1)OCO2. The van der Waals surface area contributed by atoms with E-state index in [4.69, 9.17) is 15.2 Å². The summed E-state index contributed by atoms with van der Waals surface area (Å²) in [4.78, 5) is 19.2. The lowest BCUT2D eigenvalue weighted by atomic mass is 10.2. The molecular weight excluding hydrogens is 352 g/mol. The Bertz CT molecular complexity index is 987. The van der Waals surface area contributed by atoms with Gasteiger partial charge in [0.1, 0.15) is 11.8 Å². The average Bonchev–Trinajstić information content (AvgIpc) is 3.15. The van der Waals surface area contributed by atoms with Gasteiger partial charge in [-0.1, -0.05) is 0 Å². The van der Waals surface area contributed by atoms with Crippen molar-refractivity contribution in [1.82, 2.24) is 19.9 Å². The highest BCUT2D eigenvalue weighted by Gasteiger charge is 2.26. The second kappa shape index (κ2) is 5.94. The normalized spacial score (nSPS) is 15.6. The number of nitrogens with two attached hydrogens (primary N) is 1. The summed E-state index contributed by atoms with van der Waals surface area (Å²) in [5, 5.41) is 0.715. The van der Waals surface area contributed by atoms with Crippen LogP contribution in [0.5, 0.6) is 11.5 Å². The van der Waals surface area contributed by atoms with Crippen LogP contribution in [0.1, 0.15) is 12.8 Å². The molecule has 0 spiro atoms. The van der Waals surface area contributed by atoms with Crippen LogP contribution in [0.2, 0.25) is 0 Å². The van der Waals surface area contributed by atoms with Crippen molar-refractivity contribution in [2.24, 2.45) is 5.92 Å². The molecule has 1 aliphatic carbocycles. The van der Waals surface area contributed by atoms with Gasteiger partial charge in [-0.2, -0.15) is 0 Å². The summed E-state index contributed by atoms with van der Waals surface area (Å²) >= 11 is 1.52. The zero-order valence-corrected chi connectivity index (χ0v) is 15.0. The molecule has 9 heteroatoms. The summed E-state index contributed by atoms with van der Waals surface area (Å²) in [6, 6.07) is 4.05. The van der Waals surface area contributed by atoms with Crippen LogP contribution in [0.3, 0.4) is 0 Å². The van der Waals surface area contributed by atoms with Gasteiger partial charge in [0.05, 0.1) is 5.69 Å². The lowest BCUT2D eigenvalue weighted by molar-refractivity contribution is 0.174. The van der Waals surface area contributed by atoms with Gasteiger partial charge in [-0.25, -0.2) is 15.0 Å². The molecule has 26 heavy (non-hydrogen) atoms. The van der Waals surface area contributed by atoms with Crippen molar-refractivity contribution >= 4 is 34.4 Å². The smallest absolute Gasteiger partial charge is 0.231 e. The van der Waals surface area contributed by atoms with Gasteiger partial charge in [0.2, 0.25) is 6.79 Å². The van der Waals surface area contributed by atoms with Crippen molar-refractivity contribution in [3.63, 3.8) is 0 Å². The summed E-state index contributed by atoms with van der Waals surface area (Å²) < 4.78 is 11.1. The molecule has 8 nitrogen and oxygen atoms in total. The second-order valence-corrected chi connectivity index (χ2v) is 7.63. The van der Waals surface area contributed by atoms with E-state index in [9.17, 15) is 0 Å². The zero-order chi connectivity index (χ0) is 17.7. The van der Waals surface area contributed by atoms with Crippen molar-refractivity contribution in [2.75, 3.05) is 31.0 Å². The van der Waals surface area contributed by atoms with Crippen LogP contribution in [0.15, 0.2) is 28.5 Å². The Morgan fingerprint density at radius 3 is 2.85 bits per heavy atom. The minimum atomic E-state index is 0.256. The topological polar surface area (TPSA) is 102 Å². The fourth-order valence-corrected chi connectivity index (χ4v) is 4.04. The quantitative estimate of drug-likeness (QED) is 0.707. The van der Waals surface area contributed by atoms with Crippen LogP contribution < -0.4 is 20.1 Å². The van der Waals surface area contributed by atoms with E-state index in [1.807, 2.05) is 12.1 Å².